The Morgan fingerprint density at radius 2 is 1.88 bits per heavy atom. The lowest BCUT2D eigenvalue weighted by Gasteiger charge is -2.17. The Morgan fingerprint density at radius 1 is 1.19 bits per heavy atom. The van der Waals surface area contributed by atoms with Crippen molar-refractivity contribution in [2.24, 2.45) is 0 Å². The van der Waals surface area contributed by atoms with Gasteiger partial charge in [-0.25, -0.2) is 8.42 Å². The first kappa shape index (κ1) is 20.5. The number of benzene rings is 2. The number of halogens is 2. The Kier molecular flexibility index (Phi) is 6.52. The van der Waals surface area contributed by atoms with Crippen molar-refractivity contribution < 1.29 is 17.9 Å². The summed E-state index contributed by atoms with van der Waals surface area (Å²) in [4.78, 5) is 12.2. The third kappa shape index (κ3) is 4.67. The maximum Gasteiger partial charge on any atom is 0.245 e. The SMILES string of the molecule is COc1ccc(Cl)cc1S(=O)(=O)N[C@@H](C)C(=O)Nc1cccc(Cl)c1C. The highest BCUT2D eigenvalue weighted by atomic mass is 35.5. The molecule has 0 bridgehead atoms. The van der Waals surface area contributed by atoms with E-state index in [-0.39, 0.29) is 15.7 Å². The number of methoxy groups -OCH3 is 1. The Labute approximate surface area is 162 Å². The van der Waals surface area contributed by atoms with Crippen LogP contribution in [0.1, 0.15) is 12.5 Å². The van der Waals surface area contributed by atoms with Gasteiger partial charge in [-0.05, 0) is 49.7 Å². The average molecular weight is 417 g/mol. The monoisotopic (exact) mass is 416 g/mol. The molecule has 0 aliphatic rings. The van der Waals surface area contributed by atoms with Gasteiger partial charge in [-0.1, -0.05) is 29.3 Å². The van der Waals surface area contributed by atoms with E-state index in [1.165, 1.54) is 32.2 Å². The minimum absolute atomic E-state index is 0.125. The number of hydrogen-bond donors (Lipinski definition) is 2. The molecule has 2 N–H and O–H groups in total. The van der Waals surface area contributed by atoms with Gasteiger partial charge in [-0.2, -0.15) is 4.72 Å². The molecule has 2 aromatic rings. The molecule has 2 rings (SSSR count). The zero-order valence-corrected chi connectivity index (χ0v) is 16.7. The zero-order valence-electron chi connectivity index (χ0n) is 14.3. The molecular weight excluding hydrogens is 399 g/mol. The molecule has 140 valence electrons. The fourth-order valence-electron chi connectivity index (χ4n) is 2.19. The molecule has 1 amide bonds. The minimum Gasteiger partial charge on any atom is -0.495 e. The Hall–Kier alpha value is -1.80. The van der Waals surface area contributed by atoms with Crippen LogP contribution in [0, 0.1) is 6.92 Å². The third-order valence-corrected chi connectivity index (χ3v) is 5.87. The van der Waals surface area contributed by atoms with Gasteiger partial charge < -0.3 is 10.1 Å². The van der Waals surface area contributed by atoms with Gasteiger partial charge in [-0.15, -0.1) is 0 Å². The highest BCUT2D eigenvalue weighted by Crippen LogP contribution is 2.27. The van der Waals surface area contributed by atoms with Crippen molar-refractivity contribution in [3.05, 3.63) is 52.0 Å². The number of sulfonamides is 1. The van der Waals surface area contributed by atoms with Crippen molar-refractivity contribution in [2.45, 2.75) is 24.8 Å². The van der Waals surface area contributed by atoms with E-state index in [4.69, 9.17) is 27.9 Å². The summed E-state index contributed by atoms with van der Waals surface area (Å²) in [5, 5.41) is 3.39. The number of hydrogen-bond acceptors (Lipinski definition) is 4. The van der Waals surface area contributed by atoms with Crippen LogP contribution in [0.5, 0.6) is 5.75 Å². The van der Waals surface area contributed by atoms with Crippen molar-refractivity contribution in [3.63, 3.8) is 0 Å². The van der Waals surface area contributed by atoms with Crippen LogP contribution in [0.2, 0.25) is 10.0 Å². The number of carbonyl (C=O) groups excluding carboxylic acids is 1. The first-order chi connectivity index (χ1) is 12.2. The molecule has 0 spiro atoms. The summed E-state index contributed by atoms with van der Waals surface area (Å²) in [6.07, 6.45) is 0. The lowest BCUT2D eigenvalue weighted by atomic mass is 10.2. The van der Waals surface area contributed by atoms with E-state index in [9.17, 15) is 13.2 Å². The summed E-state index contributed by atoms with van der Waals surface area (Å²) < 4.78 is 32.6. The van der Waals surface area contributed by atoms with Gasteiger partial charge in [0, 0.05) is 15.7 Å². The number of rotatable bonds is 6. The summed E-state index contributed by atoms with van der Waals surface area (Å²) >= 11 is 11.9. The van der Waals surface area contributed by atoms with Crippen LogP contribution in [0.25, 0.3) is 0 Å². The molecule has 9 heteroatoms. The molecular formula is C17H18Cl2N2O4S. The van der Waals surface area contributed by atoms with Gasteiger partial charge in [-0.3, -0.25) is 4.79 Å². The van der Waals surface area contributed by atoms with Crippen molar-refractivity contribution in [3.8, 4) is 5.75 Å². The summed E-state index contributed by atoms with van der Waals surface area (Å²) in [6.45, 7) is 3.19. The molecule has 0 aliphatic heterocycles. The Balaban J connectivity index is 2.20. The third-order valence-electron chi connectivity index (χ3n) is 3.67. The molecule has 0 aliphatic carbocycles. The largest absolute Gasteiger partial charge is 0.495 e. The van der Waals surface area contributed by atoms with Crippen molar-refractivity contribution >= 4 is 44.8 Å². The lowest BCUT2D eigenvalue weighted by molar-refractivity contribution is -0.117. The number of anilines is 1. The fourth-order valence-corrected chi connectivity index (χ4v) is 4.00. The molecule has 0 fully saturated rings. The standard InChI is InChI=1S/C17H18Cl2N2O4S/c1-10-13(19)5-4-6-14(10)20-17(22)11(2)21-26(23,24)16-9-12(18)7-8-15(16)25-3/h4-9,11,21H,1-3H3,(H,20,22)/t11-/m0/s1. The number of carbonyl (C=O) groups is 1. The molecule has 0 radical (unpaired) electrons. The fraction of sp³-hybridized carbons (Fsp3) is 0.235. The molecule has 26 heavy (non-hydrogen) atoms. The van der Waals surface area contributed by atoms with Gasteiger partial charge in [0.1, 0.15) is 10.6 Å². The summed E-state index contributed by atoms with van der Waals surface area (Å²) in [6, 6.07) is 8.24. The van der Waals surface area contributed by atoms with Crippen LogP contribution < -0.4 is 14.8 Å². The summed E-state index contributed by atoms with van der Waals surface area (Å²) in [5.74, 6) is -0.403. The van der Waals surface area contributed by atoms with Crippen LogP contribution in [0.4, 0.5) is 5.69 Å². The van der Waals surface area contributed by atoms with E-state index < -0.39 is 22.0 Å². The molecule has 0 aromatic heterocycles. The predicted molar refractivity (Wildman–Crippen MR) is 103 cm³/mol. The highest BCUT2D eigenvalue weighted by molar-refractivity contribution is 7.89. The van der Waals surface area contributed by atoms with Crippen LogP contribution in [-0.4, -0.2) is 27.5 Å². The predicted octanol–water partition coefficient (Wildman–Crippen LogP) is 3.62. The van der Waals surface area contributed by atoms with Crippen LogP contribution in [0.3, 0.4) is 0 Å². The summed E-state index contributed by atoms with van der Waals surface area (Å²) in [5.41, 5.74) is 1.20. The highest BCUT2D eigenvalue weighted by Gasteiger charge is 2.25. The number of ether oxygens (including phenoxy) is 1. The van der Waals surface area contributed by atoms with Gasteiger partial charge in [0.15, 0.2) is 0 Å². The lowest BCUT2D eigenvalue weighted by Crippen LogP contribution is -2.41. The topological polar surface area (TPSA) is 84.5 Å². The average Bonchev–Trinajstić information content (AvgIpc) is 2.58. The smallest absolute Gasteiger partial charge is 0.245 e. The van der Waals surface area contributed by atoms with Gasteiger partial charge in [0.2, 0.25) is 15.9 Å². The van der Waals surface area contributed by atoms with E-state index in [0.717, 1.165) is 0 Å². The first-order valence-corrected chi connectivity index (χ1v) is 9.81. The van der Waals surface area contributed by atoms with Gasteiger partial charge in [0.25, 0.3) is 0 Å². The molecule has 0 heterocycles. The minimum atomic E-state index is -4.03. The molecule has 1 atom stereocenters. The van der Waals surface area contributed by atoms with Crippen molar-refractivity contribution in [2.75, 3.05) is 12.4 Å². The van der Waals surface area contributed by atoms with Crippen LogP contribution in [-0.2, 0) is 14.8 Å². The second-order valence-electron chi connectivity index (χ2n) is 5.54. The molecule has 6 nitrogen and oxygen atoms in total. The second-order valence-corrected chi connectivity index (χ2v) is 8.07. The number of amides is 1. The molecule has 2 aromatic carbocycles. The van der Waals surface area contributed by atoms with E-state index in [1.807, 2.05) is 0 Å². The van der Waals surface area contributed by atoms with Gasteiger partial charge in [0.05, 0.1) is 13.2 Å². The van der Waals surface area contributed by atoms with E-state index in [2.05, 4.69) is 10.0 Å². The molecule has 0 saturated heterocycles. The maximum atomic E-state index is 12.6. The van der Waals surface area contributed by atoms with E-state index >= 15 is 0 Å². The van der Waals surface area contributed by atoms with Crippen LogP contribution >= 0.6 is 23.2 Å². The first-order valence-electron chi connectivity index (χ1n) is 7.57. The number of nitrogens with one attached hydrogen (secondary N) is 2. The van der Waals surface area contributed by atoms with E-state index in [0.29, 0.717) is 16.3 Å². The van der Waals surface area contributed by atoms with Crippen LogP contribution in [0.15, 0.2) is 41.3 Å². The Morgan fingerprint density at radius 3 is 2.54 bits per heavy atom. The quantitative estimate of drug-likeness (QED) is 0.752. The normalized spacial score (nSPS) is 12.5. The van der Waals surface area contributed by atoms with Gasteiger partial charge >= 0.3 is 0 Å². The Bertz CT molecular complexity index is 932. The zero-order chi connectivity index (χ0) is 19.5. The van der Waals surface area contributed by atoms with Crippen molar-refractivity contribution in [1.29, 1.82) is 0 Å². The van der Waals surface area contributed by atoms with E-state index in [1.54, 1.807) is 25.1 Å². The second kappa shape index (κ2) is 8.26. The maximum absolute atomic E-state index is 12.6. The van der Waals surface area contributed by atoms with Crippen molar-refractivity contribution in [1.82, 2.24) is 4.72 Å². The molecule has 0 unspecified atom stereocenters. The summed E-state index contributed by atoms with van der Waals surface area (Å²) in [7, 11) is -2.68. The molecule has 0 saturated carbocycles.